The Morgan fingerprint density at radius 3 is 2.61 bits per heavy atom. The summed E-state index contributed by atoms with van der Waals surface area (Å²) in [7, 11) is 0. The number of nitrogens with zero attached hydrogens (tertiary/aromatic N) is 4. The van der Waals surface area contributed by atoms with E-state index in [0.29, 0.717) is 17.6 Å². The molecule has 5 nitrogen and oxygen atoms in total. The standard InChI is InChI=1S/C29H23ClN4OS/c1-2-35-26-12-7-6-11-21(26)25-18-24(27-13-8-16-36-27)33-34(25)29-31-23-15-14-20(30)17-22(23)28(32-29)19-9-4-3-5-10-19/h3-17,25H,2,18H2,1H3. The molecule has 0 amide bonds. The average molecular weight is 511 g/mol. The normalized spacial score (nSPS) is 15.3. The molecular formula is C29H23ClN4OS. The summed E-state index contributed by atoms with van der Waals surface area (Å²) in [4.78, 5) is 11.2. The van der Waals surface area contributed by atoms with Gasteiger partial charge in [0, 0.05) is 28.0 Å². The van der Waals surface area contributed by atoms with Gasteiger partial charge in [-0.2, -0.15) is 5.10 Å². The summed E-state index contributed by atoms with van der Waals surface area (Å²) in [5, 5.41) is 10.7. The molecule has 178 valence electrons. The van der Waals surface area contributed by atoms with Crippen molar-refractivity contribution in [1.82, 2.24) is 9.97 Å². The van der Waals surface area contributed by atoms with Gasteiger partial charge in [-0.05, 0) is 42.6 Å². The largest absolute Gasteiger partial charge is 0.494 e. The Kier molecular flexibility index (Phi) is 6.13. The fourth-order valence-corrected chi connectivity index (χ4v) is 5.47. The number of aromatic nitrogens is 2. The summed E-state index contributed by atoms with van der Waals surface area (Å²) in [6, 6.07) is 28.1. The minimum atomic E-state index is -0.0989. The van der Waals surface area contributed by atoms with E-state index in [0.717, 1.165) is 50.5 Å². The first kappa shape index (κ1) is 22.7. The molecule has 0 fully saturated rings. The number of hydrazone groups is 1. The molecule has 1 aliphatic rings. The van der Waals surface area contributed by atoms with Crippen molar-refractivity contribution < 1.29 is 4.74 Å². The van der Waals surface area contributed by atoms with Crippen LogP contribution in [0.1, 0.15) is 29.8 Å². The molecule has 0 radical (unpaired) electrons. The topological polar surface area (TPSA) is 50.6 Å². The number of hydrogen-bond acceptors (Lipinski definition) is 6. The van der Waals surface area contributed by atoms with Gasteiger partial charge in [-0.1, -0.05) is 66.2 Å². The molecule has 1 aliphatic heterocycles. The van der Waals surface area contributed by atoms with Gasteiger partial charge in [0.15, 0.2) is 0 Å². The van der Waals surface area contributed by atoms with Gasteiger partial charge in [-0.25, -0.2) is 15.0 Å². The van der Waals surface area contributed by atoms with Crippen LogP contribution in [0.3, 0.4) is 0 Å². The number of thiophene rings is 1. The number of para-hydroxylation sites is 1. The molecule has 6 rings (SSSR count). The summed E-state index contributed by atoms with van der Waals surface area (Å²) in [6.07, 6.45) is 0.729. The van der Waals surface area contributed by atoms with Gasteiger partial charge in [0.25, 0.3) is 0 Å². The maximum absolute atomic E-state index is 6.37. The van der Waals surface area contributed by atoms with Crippen LogP contribution in [0.25, 0.3) is 22.2 Å². The maximum atomic E-state index is 6.37. The van der Waals surface area contributed by atoms with E-state index in [9.17, 15) is 0 Å². The number of rotatable bonds is 6. The zero-order valence-electron chi connectivity index (χ0n) is 19.6. The molecular weight excluding hydrogens is 488 g/mol. The van der Waals surface area contributed by atoms with Crippen molar-refractivity contribution >= 4 is 45.5 Å². The lowest BCUT2D eigenvalue weighted by atomic mass is 10.00. The Morgan fingerprint density at radius 2 is 1.81 bits per heavy atom. The second-order valence-electron chi connectivity index (χ2n) is 8.46. The SMILES string of the molecule is CCOc1ccccc1C1CC(c2cccs2)=NN1c1nc(-c2ccccc2)c2cc(Cl)ccc2n1. The lowest BCUT2D eigenvalue weighted by Gasteiger charge is -2.24. The molecule has 5 aromatic rings. The number of fused-ring (bicyclic) bond motifs is 1. The second-order valence-corrected chi connectivity index (χ2v) is 9.84. The lowest BCUT2D eigenvalue weighted by molar-refractivity contribution is 0.334. The van der Waals surface area contributed by atoms with Gasteiger partial charge in [0.05, 0.1) is 34.4 Å². The van der Waals surface area contributed by atoms with Crippen molar-refractivity contribution in [2.75, 3.05) is 11.6 Å². The van der Waals surface area contributed by atoms with Crippen LogP contribution in [0, 0.1) is 0 Å². The predicted molar refractivity (Wildman–Crippen MR) is 148 cm³/mol. The van der Waals surface area contributed by atoms with Crippen LogP contribution in [0.15, 0.2) is 95.4 Å². The molecule has 0 N–H and O–H groups in total. The lowest BCUT2D eigenvalue weighted by Crippen LogP contribution is -2.22. The van der Waals surface area contributed by atoms with Crippen LogP contribution in [-0.2, 0) is 0 Å². The van der Waals surface area contributed by atoms with Crippen LogP contribution in [0.2, 0.25) is 5.02 Å². The molecule has 0 spiro atoms. The quantitative estimate of drug-likeness (QED) is 0.234. The van der Waals surface area contributed by atoms with Gasteiger partial charge in [0.2, 0.25) is 5.95 Å². The molecule has 36 heavy (non-hydrogen) atoms. The van der Waals surface area contributed by atoms with E-state index in [2.05, 4.69) is 35.7 Å². The molecule has 3 heterocycles. The Labute approximate surface area is 218 Å². The molecule has 0 saturated carbocycles. The molecule has 7 heteroatoms. The van der Waals surface area contributed by atoms with E-state index in [-0.39, 0.29) is 6.04 Å². The Balaban J connectivity index is 1.55. The van der Waals surface area contributed by atoms with E-state index < -0.39 is 0 Å². The molecule has 0 aliphatic carbocycles. The van der Waals surface area contributed by atoms with Crippen LogP contribution in [0.5, 0.6) is 5.75 Å². The first-order valence-electron chi connectivity index (χ1n) is 11.9. The first-order chi connectivity index (χ1) is 17.7. The Morgan fingerprint density at radius 1 is 0.972 bits per heavy atom. The fourth-order valence-electron chi connectivity index (χ4n) is 4.58. The van der Waals surface area contributed by atoms with Crippen LogP contribution < -0.4 is 9.75 Å². The third-order valence-electron chi connectivity index (χ3n) is 6.19. The number of ether oxygens (including phenoxy) is 1. The summed E-state index contributed by atoms with van der Waals surface area (Å²) in [5.74, 6) is 1.40. The van der Waals surface area contributed by atoms with E-state index in [1.54, 1.807) is 11.3 Å². The van der Waals surface area contributed by atoms with Crippen LogP contribution in [-0.4, -0.2) is 22.3 Å². The molecule has 0 saturated heterocycles. The maximum Gasteiger partial charge on any atom is 0.247 e. The van der Waals surface area contributed by atoms with Crippen molar-refractivity contribution in [3.63, 3.8) is 0 Å². The Bertz CT molecular complexity index is 1550. The summed E-state index contributed by atoms with van der Waals surface area (Å²) < 4.78 is 6.01. The zero-order valence-corrected chi connectivity index (χ0v) is 21.2. The molecule has 1 atom stereocenters. The van der Waals surface area contributed by atoms with E-state index in [1.165, 1.54) is 0 Å². The summed E-state index contributed by atoms with van der Waals surface area (Å²) >= 11 is 8.06. The zero-order chi connectivity index (χ0) is 24.5. The predicted octanol–water partition coefficient (Wildman–Crippen LogP) is 7.77. The highest BCUT2D eigenvalue weighted by atomic mass is 35.5. The number of benzene rings is 3. The van der Waals surface area contributed by atoms with Crippen molar-refractivity contribution in [3.8, 4) is 17.0 Å². The highest BCUT2D eigenvalue weighted by molar-refractivity contribution is 7.12. The fraction of sp³-hybridized carbons (Fsp3) is 0.138. The molecule has 0 bridgehead atoms. The van der Waals surface area contributed by atoms with Crippen molar-refractivity contribution in [2.45, 2.75) is 19.4 Å². The van der Waals surface area contributed by atoms with Gasteiger partial charge in [-0.3, -0.25) is 0 Å². The van der Waals surface area contributed by atoms with Gasteiger partial charge in [-0.15, -0.1) is 11.3 Å². The van der Waals surface area contributed by atoms with Crippen molar-refractivity contribution in [2.24, 2.45) is 5.10 Å². The van der Waals surface area contributed by atoms with Crippen molar-refractivity contribution in [1.29, 1.82) is 0 Å². The Hall–Kier alpha value is -3.74. The summed E-state index contributed by atoms with van der Waals surface area (Å²) in [5.41, 5.74) is 4.73. The van der Waals surface area contributed by atoms with Gasteiger partial charge < -0.3 is 4.74 Å². The smallest absolute Gasteiger partial charge is 0.247 e. The molecule has 1 unspecified atom stereocenters. The minimum Gasteiger partial charge on any atom is -0.494 e. The second kappa shape index (κ2) is 9.72. The average Bonchev–Trinajstić information content (AvgIpc) is 3.60. The molecule has 3 aromatic carbocycles. The number of anilines is 1. The number of hydrogen-bond donors (Lipinski definition) is 0. The number of halogens is 1. The molecule has 2 aromatic heterocycles. The third-order valence-corrected chi connectivity index (χ3v) is 7.35. The highest BCUT2D eigenvalue weighted by Gasteiger charge is 2.34. The first-order valence-corrected chi connectivity index (χ1v) is 13.1. The van der Waals surface area contributed by atoms with E-state index >= 15 is 0 Å². The van der Waals surface area contributed by atoms with Gasteiger partial charge >= 0.3 is 0 Å². The van der Waals surface area contributed by atoms with E-state index in [1.807, 2.05) is 66.5 Å². The minimum absolute atomic E-state index is 0.0989. The van der Waals surface area contributed by atoms with Crippen LogP contribution in [0.4, 0.5) is 5.95 Å². The van der Waals surface area contributed by atoms with Crippen LogP contribution >= 0.6 is 22.9 Å². The summed E-state index contributed by atoms with van der Waals surface area (Å²) in [6.45, 7) is 2.59. The third kappa shape index (κ3) is 4.23. The highest BCUT2D eigenvalue weighted by Crippen LogP contribution is 2.41. The van der Waals surface area contributed by atoms with Crippen molar-refractivity contribution in [3.05, 3.63) is 106 Å². The van der Waals surface area contributed by atoms with Gasteiger partial charge in [0.1, 0.15) is 5.75 Å². The monoisotopic (exact) mass is 510 g/mol. The van der Waals surface area contributed by atoms with E-state index in [4.69, 9.17) is 31.4 Å².